The summed E-state index contributed by atoms with van der Waals surface area (Å²) in [7, 11) is 0. The Morgan fingerprint density at radius 1 is 1.19 bits per heavy atom. The van der Waals surface area contributed by atoms with E-state index in [0.717, 1.165) is 24.6 Å². The first-order valence-electron chi connectivity index (χ1n) is 8.62. The fraction of sp³-hybridized carbons (Fsp3) is 0.421. The Morgan fingerprint density at radius 2 is 1.88 bits per heavy atom. The number of carbonyl (C=O) groups is 1. The van der Waals surface area contributed by atoms with Gasteiger partial charge < -0.3 is 14.5 Å². The highest BCUT2D eigenvalue weighted by Crippen LogP contribution is 2.25. The van der Waals surface area contributed by atoms with Crippen molar-refractivity contribution >= 4 is 29.1 Å². The van der Waals surface area contributed by atoms with Crippen molar-refractivity contribution in [1.29, 1.82) is 0 Å². The molecule has 0 spiro atoms. The summed E-state index contributed by atoms with van der Waals surface area (Å²) in [6.45, 7) is 5.33. The molecule has 0 radical (unpaired) electrons. The number of ether oxygens (including phenoxy) is 1. The lowest BCUT2D eigenvalue weighted by Crippen LogP contribution is -2.44. The fourth-order valence-corrected chi connectivity index (χ4v) is 3.60. The monoisotopic (exact) mass is 396 g/mol. The zero-order valence-corrected chi connectivity index (χ0v) is 16.1. The third kappa shape index (κ3) is 4.80. The number of nitrogens with one attached hydrogen (secondary N) is 1. The number of hydrogen-bond donors (Lipinski definition) is 1. The van der Waals surface area contributed by atoms with Crippen molar-refractivity contribution in [1.82, 2.24) is 10.2 Å². The van der Waals surface area contributed by atoms with Gasteiger partial charge in [-0.05, 0) is 36.8 Å². The molecule has 140 valence electrons. The predicted molar refractivity (Wildman–Crippen MR) is 102 cm³/mol. The van der Waals surface area contributed by atoms with Crippen molar-refractivity contribution in [2.24, 2.45) is 0 Å². The first-order valence-corrected chi connectivity index (χ1v) is 9.38. The molecule has 1 aromatic heterocycles. The fourth-order valence-electron chi connectivity index (χ4n) is 3.07. The van der Waals surface area contributed by atoms with Crippen LogP contribution in [0.4, 0.5) is 0 Å². The van der Waals surface area contributed by atoms with Crippen LogP contribution in [0.2, 0.25) is 10.0 Å². The molecule has 26 heavy (non-hydrogen) atoms. The minimum absolute atomic E-state index is 0.0294. The number of halogens is 2. The minimum Gasteiger partial charge on any atom is -0.465 e. The number of aryl methyl sites for hydroxylation is 1. The van der Waals surface area contributed by atoms with Crippen molar-refractivity contribution in [2.45, 2.75) is 19.4 Å². The van der Waals surface area contributed by atoms with Gasteiger partial charge in [-0.25, -0.2) is 0 Å². The molecule has 2 aromatic rings. The summed E-state index contributed by atoms with van der Waals surface area (Å²) < 4.78 is 11.2. The molecule has 0 aliphatic carbocycles. The first-order chi connectivity index (χ1) is 12.5. The summed E-state index contributed by atoms with van der Waals surface area (Å²) in [6.07, 6.45) is 0.144. The first kappa shape index (κ1) is 19.2. The van der Waals surface area contributed by atoms with E-state index in [2.05, 4.69) is 10.2 Å². The van der Waals surface area contributed by atoms with E-state index in [4.69, 9.17) is 32.4 Å². The zero-order chi connectivity index (χ0) is 18.5. The van der Waals surface area contributed by atoms with E-state index in [9.17, 15) is 4.79 Å². The molecular weight excluding hydrogens is 375 g/mol. The number of furan rings is 1. The topological polar surface area (TPSA) is 54.7 Å². The van der Waals surface area contributed by atoms with E-state index in [1.165, 1.54) is 0 Å². The molecule has 1 aromatic carbocycles. The number of rotatable bonds is 6. The van der Waals surface area contributed by atoms with E-state index in [-0.39, 0.29) is 18.4 Å². The number of hydrogen-bond acceptors (Lipinski definition) is 4. The quantitative estimate of drug-likeness (QED) is 0.809. The molecule has 3 rings (SSSR count). The summed E-state index contributed by atoms with van der Waals surface area (Å²) in [4.78, 5) is 14.7. The Hall–Kier alpha value is -1.53. The second-order valence-corrected chi connectivity index (χ2v) is 7.11. The van der Waals surface area contributed by atoms with Gasteiger partial charge in [-0.3, -0.25) is 9.69 Å². The maximum absolute atomic E-state index is 12.4. The molecule has 0 bridgehead atoms. The Labute approximate surface area is 163 Å². The summed E-state index contributed by atoms with van der Waals surface area (Å²) in [5.74, 6) is 1.58. The van der Waals surface area contributed by atoms with Crippen LogP contribution in [0.25, 0.3) is 0 Å². The van der Waals surface area contributed by atoms with Gasteiger partial charge in [0.15, 0.2) is 0 Å². The normalized spacial score (nSPS) is 16.4. The molecule has 1 aliphatic rings. The minimum atomic E-state index is -0.124. The van der Waals surface area contributed by atoms with Gasteiger partial charge >= 0.3 is 0 Å². The second-order valence-electron chi connectivity index (χ2n) is 6.29. The summed E-state index contributed by atoms with van der Waals surface area (Å²) in [5.41, 5.74) is 0.644. The van der Waals surface area contributed by atoms with E-state index >= 15 is 0 Å². The molecule has 5 nitrogen and oxygen atoms in total. The lowest BCUT2D eigenvalue weighted by molar-refractivity contribution is -0.120. The summed E-state index contributed by atoms with van der Waals surface area (Å²) >= 11 is 12.3. The SMILES string of the molecule is Cc1ccc(C(CNC(=O)Cc2c(Cl)cccc2Cl)N2CCOCC2)o1. The van der Waals surface area contributed by atoms with Crippen molar-refractivity contribution in [2.75, 3.05) is 32.8 Å². The van der Waals surface area contributed by atoms with Crippen LogP contribution in [-0.2, 0) is 16.0 Å². The Balaban J connectivity index is 1.66. The highest BCUT2D eigenvalue weighted by molar-refractivity contribution is 6.36. The van der Waals surface area contributed by atoms with Crippen LogP contribution >= 0.6 is 23.2 Å². The maximum Gasteiger partial charge on any atom is 0.224 e. The molecule has 1 unspecified atom stereocenters. The number of carbonyl (C=O) groups excluding carboxylic acids is 1. The molecule has 2 heterocycles. The van der Waals surface area contributed by atoms with Crippen molar-refractivity contribution in [3.63, 3.8) is 0 Å². The van der Waals surface area contributed by atoms with Gasteiger partial charge in [-0.2, -0.15) is 0 Å². The average Bonchev–Trinajstić information content (AvgIpc) is 3.05. The number of amides is 1. The molecule has 1 atom stereocenters. The number of benzene rings is 1. The Morgan fingerprint density at radius 3 is 2.50 bits per heavy atom. The van der Waals surface area contributed by atoms with Crippen LogP contribution in [-0.4, -0.2) is 43.7 Å². The van der Waals surface area contributed by atoms with Gasteiger partial charge in [0.25, 0.3) is 0 Å². The van der Waals surface area contributed by atoms with Crippen LogP contribution in [0, 0.1) is 6.92 Å². The van der Waals surface area contributed by atoms with Crippen LogP contribution < -0.4 is 5.32 Å². The zero-order valence-electron chi connectivity index (χ0n) is 14.6. The van der Waals surface area contributed by atoms with Gasteiger partial charge in [-0.15, -0.1) is 0 Å². The van der Waals surface area contributed by atoms with Crippen LogP contribution in [0.15, 0.2) is 34.7 Å². The second kappa shape index (κ2) is 8.91. The third-order valence-corrected chi connectivity index (χ3v) is 5.18. The van der Waals surface area contributed by atoms with E-state index < -0.39 is 0 Å². The van der Waals surface area contributed by atoms with Gasteiger partial charge in [-0.1, -0.05) is 29.3 Å². The lowest BCUT2D eigenvalue weighted by atomic mass is 10.1. The number of nitrogens with zero attached hydrogens (tertiary/aromatic N) is 1. The molecular formula is C19H22Cl2N2O3. The largest absolute Gasteiger partial charge is 0.465 e. The van der Waals surface area contributed by atoms with E-state index in [0.29, 0.717) is 35.4 Å². The van der Waals surface area contributed by atoms with Gasteiger partial charge in [0, 0.05) is 29.7 Å². The molecule has 0 saturated carbocycles. The predicted octanol–water partition coefficient (Wildman–Crippen LogP) is 3.63. The van der Waals surface area contributed by atoms with Gasteiger partial charge in [0.2, 0.25) is 5.91 Å². The molecule has 1 saturated heterocycles. The molecule has 1 N–H and O–H groups in total. The van der Waals surface area contributed by atoms with Crippen molar-refractivity contribution < 1.29 is 13.9 Å². The van der Waals surface area contributed by atoms with Crippen molar-refractivity contribution in [3.8, 4) is 0 Å². The van der Waals surface area contributed by atoms with E-state index in [1.54, 1.807) is 18.2 Å². The van der Waals surface area contributed by atoms with Crippen LogP contribution in [0.3, 0.4) is 0 Å². The van der Waals surface area contributed by atoms with Gasteiger partial charge in [0.1, 0.15) is 11.5 Å². The average molecular weight is 397 g/mol. The summed E-state index contributed by atoms with van der Waals surface area (Å²) in [6, 6.07) is 9.11. The van der Waals surface area contributed by atoms with Gasteiger partial charge in [0.05, 0.1) is 25.7 Å². The Kier molecular flexibility index (Phi) is 6.59. The van der Waals surface area contributed by atoms with Crippen LogP contribution in [0.1, 0.15) is 23.1 Å². The Bertz CT molecular complexity index is 737. The smallest absolute Gasteiger partial charge is 0.224 e. The van der Waals surface area contributed by atoms with Crippen LogP contribution in [0.5, 0.6) is 0 Å². The molecule has 7 heteroatoms. The molecule has 1 aliphatic heterocycles. The highest BCUT2D eigenvalue weighted by atomic mass is 35.5. The maximum atomic E-state index is 12.4. The molecule has 1 fully saturated rings. The number of morpholine rings is 1. The molecule has 1 amide bonds. The third-order valence-electron chi connectivity index (χ3n) is 4.47. The lowest BCUT2D eigenvalue weighted by Gasteiger charge is -2.33. The standard InChI is InChI=1S/C19H22Cl2N2O3/c1-13-5-6-18(26-13)17(23-7-9-25-10-8-23)12-22-19(24)11-14-15(20)3-2-4-16(14)21/h2-6,17H,7-12H2,1H3,(H,22,24). The summed E-state index contributed by atoms with van der Waals surface area (Å²) in [5, 5.41) is 3.99. The highest BCUT2D eigenvalue weighted by Gasteiger charge is 2.25. The van der Waals surface area contributed by atoms with E-state index in [1.807, 2.05) is 19.1 Å². The van der Waals surface area contributed by atoms with Crippen molar-refractivity contribution in [3.05, 3.63) is 57.5 Å².